The van der Waals surface area contributed by atoms with Gasteiger partial charge in [0, 0.05) is 26.3 Å². The molecule has 1 aromatic rings. The van der Waals surface area contributed by atoms with Crippen molar-refractivity contribution >= 4 is 23.5 Å². The van der Waals surface area contributed by atoms with Gasteiger partial charge in [-0.1, -0.05) is 18.5 Å². The van der Waals surface area contributed by atoms with Crippen LogP contribution < -0.4 is 10.1 Å². The van der Waals surface area contributed by atoms with E-state index < -0.39 is 0 Å². The molecule has 2 unspecified atom stereocenters. The van der Waals surface area contributed by atoms with Crippen LogP contribution in [0, 0.1) is 11.8 Å². The number of guanidine groups is 1. The lowest BCUT2D eigenvalue weighted by Gasteiger charge is -2.21. The minimum Gasteiger partial charge on any atom is -0.475 e. The lowest BCUT2D eigenvalue weighted by Crippen LogP contribution is -2.42. The summed E-state index contributed by atoms with van der Waals surface area (Å²) < 4.78 is 10.4. The van der Waals surface area contributed by atoms with Crippen LogP contribution in [-0.2, 0) is 9.53 Å². The molecular formula is C16H23ClN4O3. The molecule has 1 N–H and O–H groups in total. The maximum Gasteiger partial charge on any atom is 0.310 e. The molecule has 0 amide bonds. The zero-order chi connectivity index (χ0) is 17.5. The standard InChI is InChI=1S/C16H23ClN4O3/c1-11-9-21(10-12(11)15(22)23-3)16(18-2)20-7-8-24-14-13(17)5-4-6-19-14/h4-6,11-12H,7-10H2,1-3H3,(H,18,20). The molecule has 24 heavy (non-hydrogen) atoms. The predicted molar refractivity (Wildman–Crippen MR) is 92.3 cm³/mol. The monoisotopic (exact) mass is 354 g/mol. The first kappa shape index (κ1) is 18.3. The Balaban J connectivity index is 1.81. The number of rotatable bonds is 5. The number of esters is 1. The number of nitrogens with zero attached hydrogens (tertiary/aromatic N) is 3. The van der Waals surface area contributed by atoms with Gasteiger partial charge in [0.25, 0.3) is 0 Å². The van der Waals surface area contributed by atoms with E-state index >= 15 is 0 Å². The van der Waals surface area contributed by atoms with Gasteiger partial charge in [0.15, 0.2) is 5.96 Å². The Kier molecular flexibility index (Phi) is 6.66. The van der Waals surface area contributed by atoms with Crippen molar-refractivity contribution in [2.24, 2.45) is 16.8 Å². The number of nitrogens with one attached hydrogen (secondary N) is 1. The lowest BCUT2D eigenvalue weighted by atomic mass is 9.99. The number of hydrogen-bond acceptors (Lipinski definition) is 5. The minimum absolute atomic E-state index is 0.128. The molecule has 1 aliphatic heterocycles. The zero-order valence-electron chi connectivity index (χ0n) is 14.2. The maximum absolute atomic E-state index is 11.8. The number of methoxy groups -OCH3 is 1. The zero-order valence-corrected chi connectivity index (χ0v) is 14.9. The summed E-state index contributed by atoms with van der Waals surface area (Å²) in [5.41, 5.74) is 0. The summed E-state index contributed by atoms with van der Waals surface area (Å²) in [6, 6.07) is 3.48. The Bertz CT molecular complexity index is 596. The smallest absolute Gasteiger partial charge is 0.310 e. The van der Waals surface area contributed by atoms with Crippen LogP contribution in [0.2, 0.25) is 5.02 Å². The molecule has 0 spiro atoms. The molecule has 1 aromatic heterocycles. The van der Waals surface area contributed by atoms with E-state index in [2.05, 4.69) is 20.2 Å². The van der Waals surface area contributed by atoms with Crippen molar-refractivity contribution in [1.82, 2.24) is 15.2 Å². The van der Waals surface area contributed by atoms with Crippen LogP contribution in [0.4, 0.5) is 0 Å². The highest BCUT2D eigenvalue weighted by Crippen LogP contribution is 2.24. The van der Waals surface area contributed by atoms with Gasteiger partial charge in [-0.3, -0.25) is 9.79 Å². The first-order chi connectivity index (χ1) is 11.6. The molecule has 2 heterocycles. The number of carbonyl (C=O) groups is 1. The molecule has 1 saturated heterocycles. The molecule has 2 atom stereocenters. The molecule has 0 bridgehead atoms. The second-order valence-electron chi connectivity index (χ2n) is 5.62. The third kappa shape index (κ3) is 4.50. The van der Waals surface area contributed by atoms with Crippen molar-refractivity contribution in [3.63, 3.8) is 0 Å². The first-order valence-electron chi connectivity index (χ1n) is 7.83. The van der Waals surface area contributed by atoms with Gasteiger partial charge >= 0.3 is 5.97 Å². The fourth-order valence-electron chi connectivity index (χ4n) is 2.72. The van der Waals surface area contributed by atoms with Crippen LogP contribution in [0.1, 0.15) is 6.92 Å². The molecule has 0 aromatic carbocycles. The summed E-state index contributed by atoms with van der Waals surface area (Å²) in [7, 11) is 3.14. The van der Waals surface area contributed by atoms with Crippen molar-refractivity contribution in [1.29, 1.82) is 0 Å². The van der Waals surface area contributed by atoms with Gasteiger partial charge in [0.2, 0.25) is 5.88 Å². The highest BCUT2D eigenvalue weighted by Gasteiger charge is 2.36. The molecule has 132 valence electrons. The Labute approximate surface area is 147 Å². The average molecular weight is 355 g/mol. The quantitative estimate of drug-likeness (QED) is 0.373. The number of likely N-dealkylation sites (tertiary alicyclic amines) is 1. The van der Waals surface area contributed by atoms with Gasteiger partial charge in [0.05, 0.1) is 19.6 Å². The largest absolute Gasteiger partial charge is 0.475 e. The summed E-state index contributed by atoms with van der Waals surface area (Å²) in [4.78, 5) is 22.2. The second kappa shape index (κ2) is 8.73. The molecule has 1 aliphatic rings. The number of carbonyl (C=O) groups excluding carboxylic acids is 1. The minimum atomic E-state index is -0.173. The Morgan fingerprint density at radius 3 is 3.00 bits per heavy atom. The molecule has 2 rings (SSSR count). The highest BCUT2D eigenvalue weighted by atomic mass is 35.5. The first-order valence-corrected chi connectivity index (χ1v) is 8.21. The third-order valence-electron chi connectivity index (χ3n) is 3.98. The SMILES string of the molecule is CN=C(NCCOc1ncccc1Cl)N1CC(C)C(C(=O)OC)C1. The molecule has 1 fully saturated rings. The third-order valence-corrected chi connectivity index (χ3v) is 4.26. The topological polar surface area (TPSA) is 76.1 Å². The van der Waals surface area contributed by atoms with Crippen LogP contribution in [0.3, 0.4) is 0 Å². The van der Waals surface area contributed by atoms with E-state index in [1.165, 1.54) is 7.11 Å². The van der Waals surface area contributed by atoms with Gasteiger partial charge in [-0.25, -0.2) is 4.98 Å². The fourth-order valence-corrected chi connectivity index (χ4v) is 2.89. The highest BCUT2D eigenvalue weighted by molar-refractivity contribution is 6.31. The summed E-state index contributed by atoms with van der Waals surface area (Å²) in [6.07, 6.45) is 1.63. The maximum atomic E-state index is 11.8. The molecule has 7 nitrogen and oxygen atoms in total. The van der Waals surface area contributed by atoms with Gasteiger partial charge in [-0.2, -0.15) is 0 Å². The summed E-state index contributed by atoms with van der Waals surface area (Å²) in [5.74, 6) is 1.07. The lowest BCUT2D eigenvalue weighted by molar-refractivity contribution is -0.145. The van der Waals surface area contributed by atoms with Crippen LogP contribution in [0.25, 0.3) is 0 Å². The van der Waals surface area contributed by atoms with Crippen LogP contribution in [-0.4, -0.2) is 62.2 Å². The molecular weight excluding hydrogens is 332 g/mol. The van der Waals surface area contributed by atoms with E-state index in [4.69, 9.17) is 21.1 Å². The van der Waals surface area contributed by atoms with E-state index in [-0.39, 0.29) is 17.8 Å². The van der Waals surface area contributed by atoms with E-state index in [1.807, 2.05) is 6.92 Å². The van der Waals surface area contributed by atoms with Crippen molar-refractivity contribution in [2.45, 2.75) is 6.92 Å². The molecule has 8 heteroatoms. The van der Waals surface area contributed by atoms with Gasteiger partial charge < -0.3 is 19.7 Å². The average Bonchev–Trinajstić information content (AvgIpc) is 2.97. The van der Waals surface area contributed by atoms with Gasteiger partial charge in [0.1, 0.15) is 11.6 Å². The molecule has 0 saturated carbocycles. The molecule has 0 aliphatic carbocycles. The number of aliphatic imine (C=N–C) groups is 1. The summed E-state index contributed by atoms with van der Waals surface area (Å²) in [6.45, 7) is 4.35. The number of ether oxygens (including phenoxy) is 2. The van der Waals surface area contributed by atoms with Crippen molar-refractivity contribution < 1.29 is 14.3 Å². The second-order valence-corrected chi connectivity index (χ2v) is 6.03. The van der Waals surface area contributed by atoms with Crippen LogP contribution in [0.5, 0.6) is 5.88 Å². The van der Waals surface area contributed by atoms with Crippen molar-refractivity contribution in [3.8, 4) is 5.88 Å². The number of halogens is 1. The van der Waals surface area contributed by atoms with Gasteiger partial charge in [-0.15, -0.1) is 0 Å². The van der Waals surface area contributed by atoms with E-state index in [0.717, 1.165) is 12.5 Å². The van der Waals surface area contributed by atoms with Crippen LogP contribution >= 0.6 is 11.6 Å². The van der Waals surface area contributed by atoms with E-state index in [9.17, 15) is 4.79 Å². The van der Waals surface area contributed by atoms with Crippen molar-refractivity contribution in [2.75, 3.05) is 40.4 Å². The normalized spacial score (nSPS) is 20.8. The Morgan fingerprint density at radius 2 is 2.33 bits per heavy atom. The van der Waals surface area contributed by atoms with Crippen molar-refractivity contribution in [3.05, 3.63) is 23.4 Å². The number of hydrogen-bond donors (Lipinski definition) is 1. The summed E-state index contributed by atoms with van der Waals surface area (Å²) >= 11 is 5.99. The van der Waals surface area contributed by atoms with Gasteiger partial charge in [-0.05, 0) is 18.1 Å². The number of pyridine rings is 1. The fraction of sp³-hybridized carbons (Fsp3) is 0.562. The van der Waals surface area contributed by atoms with Crippen LogP contribution in [0.15, 0.2) is 23.3 Å². The van der Waals surface area contributed by atoms with E-state index in [1.54, 1.807) is 25.4 Å². The number of aromatic nitrogens is 1. The Morgan fingerprint density at radius 1 is 1.54 bits per heavy atom. The Hall–Kier alpha value is -2.02. The van der Waals surface area contributed by atoms with E-state index in [0.29, 0.717) is 30.6 Å². The molecule has 0 radical (unpaired) electrons. The summed E-state index contributed by atoms with van der Waals surface area (Å²) in [5, 5.41) is 3.71. The predicted octanol–water partition coefficient (Wildman–Crippen LogP) is 1.43.